The SMILES string of the molecule is CCNC(=NCCCc1nnc(SC)n1C1CCCC1)N(C)Cc1ccccc1OC. The van der Waals surface area contributed by atoms with Gasteiger partial charge < -0.3 is 19.5 Å². The fourth-order valence-corrected chi connectivity index (χ4v) is 4.78. The first-order chi connectivity index (χ1) is 15.2. The van der Waals surface area contributed by atoms with Crippen molar-refractivity contribution >= 4 is 17.7 Å². The number of thioether (sulfide) groups is 1. The Morgan fingerprint density at radius 3 is 2.77 bits per heavy atom. The van der Waals surface area contributed by atoms with Crippen LogP contribution in [-0.4, -0.2) is 59.1 Å². The van der Waals surface area contributed by atoms with Gasteiger partial charge in [-0.3, -0.25) is 4.99 Å². The number of nitrogens with one attached hydrogen (secondary N) is 1. The van der Waals surface area contributed by atoms with Crippen molar-refractivity contribution in [3.8, 4) is 5.75 Å². The van der Waals surface area contributed by atoms with E-state index in [4.69, 9.17) is 9.73 Å². The maximum Gasteiger partial charge on any atom is 0.193 e. The summed E-state index contributed by atoms with van der Waals surface area (Å²) in [6.07, 6.45) is 9.06. The second-order valence-corrected chi connectivity index (χ2v) is 8.69. The first-order valence-corrected chi connectivity index (χ1v) is 12.5. The molecule has 1 heterocycles. The zero-order valence-corrected chi connectivity index (χ0v) is 20.1. The van der Waals surface area contributed by atoms with E-state index >= 15 is 0 Å². The lowest BCUT2D eigenvalue weighted by molar-refractivity contribution is 0.396. The van der Waals surface area contributed by atoms with Gasteiger partial charge in [0.2, 0.25) is 0 Å². The smallest absolute Gasteiger partial charge is 0.193 e. The molecule has 1 N–H and O–H groups in total. The van der Waals surface area contributed by atoms with Gasteiger partial charge in [-0.25, -0.2) is 0 Å². The summed E-state index contributed by atoms with van der Waals surface area (Å²) in [7, 11) is 3.78. The van der Waals surface area contributed by atoms with Crippen LogP contribution in [-0.2, 0) is 13.0 Å². The number of para-hydroxylation sites is 1. The number of nitrogens with zero attached hydrogens (tertiary/aromatic N) is 5. The highest BCUT2D eigenvalue weighted by molar-refractivity contribution is 7.98. The second kappa shape index (κ2) is 12.0. The van der Waals surface area contributed by atoms with Gasteiger partial charge >= 0.3 is 0 Å². The highest BCUT2D eigenvalue weighted by atomic mass is 32.2. The molecule has 8 heteroatoms. The van der Waals surface area contributed by atoms with Gasteiger partial charge in [-0.15, -0.1) is 10.2 Å². The molecule has 0 aliphatic heterocycles. The predicted molar refractivity (Wildman–Crippen MR) is 128 cm³/mol. The van der Waals surface area contributed by atoms with Gasteiger partial charge in [-0.05, 0) is 38.5 Å². The van der Waals surface area contributed by atoms with Gasteiger partial charge in [-0.2, -0.15) is 0 Å². The fourth-order valence-electron chi connectivity index (χ4n) is 4.20. The second-order valence-electron chi connectivity index (χ2n) is 7.92. The first-order valence-electron chi connectivity index (χ1n) is 11.3. The minimum absolute atomic E-state index is 0.570. The molecule has 0 saturated heterocycles. The molecule has 1 aliphatic carbocycles. The van der Waals surface area contributed by atoms with Crippen LogP contribution in [0.4, 0.5) is 0 Å². The standard InChI is InChI=1S/C23H36N6OS/c1-5-24-22(28(2)17-18-11-6-9-14-20(18)30-3)25-16-10-15-21-26-27-23(31-4)29(21)19-12-7-8-13-19/h6,9,11,14,19H,5,7-8,10,12-13,15-17H2,1-4H3,(H,24,25). The van der Waals surface area contributed by atoms with Crippen LogP contribution >= 0.6 is 11.8 Å². The molecule has 0 spiro atoms. The molecule has 0 atom stereocenters. The lowest BCUT2D eigenvalue weighted by Gasteiger charge is -2.23. The summed E-state index contributed by atoms with van der Waals surface area (Å²) in [5.74, 6) is 2.93. The Morgan fingerprint density at radius 2 is 2.06 bits per heavy atom. The molecule has 0 radical (unpaired) electrons. The van der Waals surface area contributed by atoms with Crippen LogP contribution in [0.3, 0.4) is 0 Å². The zero-order chi connectivity index (χ0) is 22.1. The van der Waals surface area contributed by atoms with Crippen molar-refractivity contribution in [2.24, 2.45) is 4.99 Å². The number of hydrogen-bond acceptors (Lipinski definition) is 5. The van der Waals surface area contributed by atoms with E-state index in [0.29, 0.717) is 6.04 Å². The van der Waals surface area contributed by atoms with E-state index in [2.05, 4.69) is 51.3 Å². The maximum absolute atomic E-state index is 5.49. The highest BCUT2D eigenvalue weighted by Gasteiger charge is 2.23. The maximum atomic E-state index is 5.49. The first kappa shape index (κ1) is 23.4. The summed E-state index contributed by atoms with van der Waals surface area (Å²) < 4.78 is 7.88. The summed E-state index contributed by atoms with van der Waals surface area (Å²) in [4.78, 5) is 7.01. The summed E-state index contributed by atoms with van der Waals surface area (Å²) in [5.41, 5.74) is 1.15. The third kappa shape index (κ3) is 6.15. The van der Waals surface area contributed by atoms with Crippen molar-refractivity contribution in [1.29, 1.82) is 0 Å². The van der Waals surface area contributed by atoms with E-state index in [9.17, 15) is 0 Å². The average Bonchev–Trinajstić information content (AvgIpc) is 3.45. The third-order valence-corrected chi connectivity index (χ3v) is 6.37. The van der Waals surface area contributed by atoms with Crippen LogP contribution in [0.5, 0.6) is 5.75 Å². The molecule has 1 aromatic heterocycles. The van der Waals surface area contributed by atoms with Crippen LogP contribution in [0.25, 0.3) is 0 Å². The zero-order valence-electron chi connectivity index (χ0n) is 19.3. The molecule has 3 rings (SSSR count). The Hall–Kier alpha value is -2.22. The molecule has 2 aromatic rings. The highest BCUT2D eigenvalue weighted by Crippen LogP contribution is 2.33. The van der Waals surface area contributed by atoms with E-state index in [1.54, 1.807) is 18.9 Å². The number of methoxy groups -OCH3 is 1. The molecule has 1 saturated carbocycles. The molecule has 0 bridgehead atoms. The van der Waals surface area contributed by atoms with Gasteiger partial charge in [0.15, 0.2) is 11.1 Å². The minimum Gasteiger partial charge on any atom is -0.496 e. The minimum atomic E-state index is 0.570. The van der Waals surface area contributed by atoms with E-state index in [0.717, 1.165) is 60.7 Å². The normalized spacial score (nSPS) is 14.8. The van der Waals surface area contributed by atoms with Crippen molar-refractivity contribution in [1.82, 2.24) is 25.0 Å². The Kier molecular flexibility index (Phi) is 9.06. The molecular weight excluding hydrogens is 408 g/mol. The van der Waals surface area contributed by atoms with Gasteiger partial charge in [0, 0.05) is 44.7 Å². The van der Waals surface area contributed by atoms with E-state index in [1.165, 1.54) is 25.7 Å². The molecule has 170 valence electrons. The predicted octanol–water partition coefficient (Wildman–Crippen LogP) is 4.15. The lowest BCUT2D eigenvalue weighted by Crippen LogP contribution is -2.38. The largest absolute Gasteiger partial charge is 0.496 e. The molecule has 1 aliphatic rings. The van der Waals surface area contributed by atoms with Gasteiger partial charge in [0.1, 0.15) is 11.6 Å². The summed E-state index contributed by atoms with van der Waals surface area (Å²) >= 11 is 1.70. The molecule has 0 unspecified atom stereocenters. The topological polar surface area (TPSA) is 67.6 Å². The number of ether oxygens (including phenoxy) is 1. The van der Waals surface area contributed by atoms with Crippen LogP contribution in [0.15, 0.2) is 34.4 Å². The Labute approximate surface area is 190 Å². The van der Waals surface area contributed by atoms with Crippen molar-refractivity contribution in [2.75, 3.05) is 33.5 Å². The quantitative estimate of drug-likeness (QED) is 0.257. The van der Waals surface area contributed by atoms with Gasteiger partial charge in [0.05, 0.1) is 7.11 Å². The number of benzene rings is 1. The fraction of sp³-hybridized carbons (Fsp3) is 0.609. The molecular formula is C23H36N6OS. The van der Waals surface area contributed by atoms with Gasteiger partial charge in [0.25, 0.3) is 0 Å². The molecule has 7 nitrogen and oxygen atoms in total. The van der Waals surface area contributed by atoms with Gasteiger partial charge in [-0.1, -0.05) is 42.8 Å². The number of hydrogen-bond donors (Lipinski definition) is 1. The van der Waals surface area contributed by atoms with Crippen molar-refractivity contribution in [3.05, 3.63) is 35.7 Å². The van der Waals surface area contributed by atoms with Crippen LogP contribution < -0.4 is 10.1 Å². The van der Waals surface area contributed by atoms with E-state index in [1.807, 2.05) is 18.2 Å². The number of aryl methyl sites for hydroxylation is 1. The van der Waals surface area contributed by atoms with Crippen LogP contribution in [0.1, 0.15) is 56.5 Å². The summed E-state index contributed by atoms with van der Waals surface area (Å²) in [6.45, 7) is 4.43. The Bertz CT molecular complexity index is 846. The van der Waals surface area contributed by atoms with E-state index < -0.39 is 0 Å². The molecule has 0 amide bonds. The number of guanidine groups is 1. The number of aromatic nitrogens is 3. The molecule has 31 heavy (non-hydrogen) atoms. The molecule has 1 aromatic carbocycles. The number of aliphatic imine (C=N–C) groups is 1. The van der Waals surface area contributed by atoms with Crippen molar-refractivity contribution < 1.29 is 4.74 Å². The molecule has 1 fully saturated rings. The van der Waals surface area contributed by atoms with Crippen molar-refractivity contribution in [3.63, 3.8) is 0 Å². The van der Waals surface area contributed by atoms with Crippen molar-refractivity contribution in [2.45, 2.75) is 63.2 Å². The number of rotatable bonds is 10. The van der Waals surface area contributed by atoms with E-state index in [-0.39, 0.29) is 0 Å². The van der Waals surface area contributed by atoms with Crippen LogP contribution in [0.2, 0.25) is 0 Å². The summed E-state index contributed by atoms with van der Waals surface area (Å²) in [5, 5.41) is 13.4. The average molecular weight is 445 g/mol. The summed E-state index contributed by atoms with van der Waals surface area (Å²) in [6, 6.07) is 8.70. The van der Waals surface area contributed by atoms with Crippen LogP contribution in [0, 0.1) is 0 Å². The third-order valence-electron chi connectivity index (χ3n) is 5.72. The Morgan fingerprint density at radius 1 is 1.29 bits per heavy atom. The monoisotopic (exact) mass is 444 g/mol. The Balaban J connectivity index is 1.60. The lowest BCUT2D eigenvalue weighted by atomic mass is 10.2.